The van der Waals surface area contributed by atoms with Gasteiger partial charge < -0.3 is 9.15 Å². The Morgan fingerprint density at radius 2 is 1.81 bits per heavy atom. The standard InChI is InChI=1S/C24H19N3O4S/c1-16-6-10-18(11-7-16)23(29)30-19-12-8-17(9-13-19)14-25-27-22(28)15-32-24-26-20-4-2-3-5-21(20)31-24/h2-14H,15H2,1H3,(H,27,28)/b25-14-. The van der Waals surface area contributed by atoms with Gasteiger partial charge in [-0.2, -0.15) is 5.10 Å². The van der Waals surface area contributed by atoms with Crippen molar-refractivity contribution < 1.29 is 18.7 Å². The van der Waals surface area contributed by atoms with Crippen LogP contribution in [0.4, 0.5) is 0 Å². The van der Waals surface area contributed by atoms with Gasteiger partial charge in [0.1, 0.15) is 11.3 Å². The summed E-state index contributed by atoms with van der Waals surface area (Å²) < 4.78 is 10.9. The molecule has 7 nitrogen and oxygen atoms in total. The predicted molar refractivity (Wildman–Crippen MR) is 123 cm³/mol. The second kappa shape index (κ2) is 9.93. The van der Waals surface area contributed by atoms with Gasteiger partial charge >= 0.3 is 5.97 Å². The maximum Gasteiger partial charge on any atom is 0.343 e. The van der Waals surface area contributed by atoms with Gasteiger partial charge in [-0.25, -0.2) is 15.2 Å². The number of nitrogens with zero attached hydrogens (tertiary/aromatic N) is 2. The number of thioether (sulfide) groups is 1. The molecule has 1 heterocycles. The zero-order chi connectivity index (χ0) is 22.3. The molecule has 4 rings (SSSR count). The quantitative estimate of drug-likeness (QED) is 0.147. The molecule has 0 radical (unpaired) electrons. The first-order chi connectivity index (χ1) is 15.6. The Hall–Kier alpha value is -3.91. The number of hydrazone groups is 1. The number of nitrogens with one attached hydrogen (secondary N) is 1. The Balaban J connectivity index is 1.24. The number of oxazole rings is 1. The molecule has 1 amide bonds. The second-order valence-corrected chi connectivity index (χ2v) is 7.78. The summed E-state index contributed by atoms with van der Waals surface area (Å²) in [5, 5.41) is 4.38. The highest BCUT2D eigenvalue weighted by Gasteiger charge is 2.09. The maximum absolute atomic E-state index is 12.2. The van der Waals surface area contributed by atoms with E-state index in [4.69, 9.17) is 9.15 Å². The van der Waals surface area contributed by atoms with Crippen molar-refractivity contribution in [1.29, 1.82) is 0 Å². The van der Waals surface area contributed by atoms with Crippen LogP contribution in [0.3, 0.4) is 0 Å². The molecule has 0 aliphatic rings. The molecular weight excluding hydrogens is 426 g/mol. The number of benzene rings is 3. The van der Waals surface area contributed by atoms with Gasteiger partial charge in [0.15, 0.2) is 5.58 Å². The number of esters is 1. The van der Waals surface area contributed by atoms with E-state index in [1.807, 2.05) is 43.3 Å². The molecule has 3 aromatic carbocycles. The summed E-state index contributed by atoms with van der Waals surface area (Å²) in [6.45, 7) is 1.95. The highest BCUT2D eigenvalue weighted by Crippen LogP contribution is 2.22. The number of para-hydroxylation sites is 2. The Morgan fingerprint density at radius 3 is 2.56 bits per heavy atom. The van der Waals surface area contributed by atoms with Crippen LogP contribution in [-0.4, -0.2) is 28.8 Å². The van der Waals surface area contributed by atoms with Crippen LogP contribution in [0.25, 0.3) is 11.1 Å². The lowest BCUT2D eigenvalue weighted by molar-refractivity contribution is -0.118. The molecular formula is C24H19N3O4S. The van der Waals surface area contributed by atoms with Crippen LogP contribution in [0.5, 0.6) is 5.75 Å². The number of carbonyl (C=O) groups excluding carboxylic acids is 2. The molecule has 0 aliphatic carbocycles. The van der Waals surface area contributed by atoms with E-state index in [2.05, 4.69) is 15.5 Å². The molecule has 0 saturated heterocycles. The van der Waals surface area contributed by atoms with Crippen molar-refractivity contribution in [2.24, 2.45) is 5.10 Å². The predicted octanol–water partition coefficient (Wildman–Crippen LogP) is 4.60. The molecule has 0 bridgehead atoms. The molecule has 0 atom stereocenters. The number of carbonyl (C=O) groups is 2. The summed E-state index contributed by atoms with van der Waals surface area (Å²) >= 11 is 1.19. The van der Waals surface area contributed by atoms with Crippen LogP contribution in [0.15, 0.2) is 87.5 Å². The van der Waals surface area contributed by atoms with Gasteiger partial charge in [-0.1, -0.05) is 41.6 Å². The van der Waals surface area contributed by atoms with E-state index in [9.17, 15) is 9.59 Å². The summed E-state index contributed by atoms with van der Waals surface area (Å²) in [5.74, 6) is -0.156. The third-order valence-electron chi connectivity index (χ3n) is 4.38. The van der Waals surface area contributed by atoms with Gasteiger partial charge in [-0.05, 0) is 61.0 Å². The number of ether oxygens (including phenoxy) is 1. The first-order valence-corrected chi connectivity index (χ1v) is 10.7. The normalized spacial score (nSPS) is 11.0. The lowest BCUT2D eigenvalue weighted by atomic mass is 10.1. The van der Waals surface area contributed by atoms with E-state index in [0.717, 1.165) is 16.6 Å². The summed E-state index contributed by atoms with van der Waals surface area (Å²) in [4.78, 5) is 28.4. The molecule has 160 valence electrons. The number of fused-ring (bicyclic) bond motifs is 1. The number of amides is 1. The Labute approximate surface area is 188 Å². The van der Waals surface area contributed by atoms with Gasteiger partial charge in [0, 0.05) is 0 Å². The smallest absolute Gasteiger partial charge is 0.343 e. The van der Waals surface area contributed by atoms with Crippen molar-refractivity contribution in [2.75, 3.05) is 5.75 Å². The molecule has 1 N–H and O–H groups in total. The largest absolute Gasteiger partial charge is 0.431 e. The molecule has 8 heteroatoms. The number of aromatic nitrogens is 1. The minimum Gasteiger partial charge on any atom is -0.431 e. The maximum atomic E-state index is 12.2. The average molecular weight is 446 g/mol. The number of aryl methyl sites for hydroxylation is 1. The number of rotatable bonds is 7. The molecule has 32 heavy (non-hydrogen) atoms. The lowest BCUT2D eigenvalue weighted by Gasteiger charge is -2.05. The number of hydrogen-bond acceptors (Lipinski definition) is 7. The zero-order valence-electron chi connectivity index (χ0n) is 17.1. The van der Waals surface area contributed by atoms with Crippen LogP contribution < -0.4 is 10.2 Å². The molecule has 1 aromatic heterocycles. The van der Waals surface area contributed by atoms with Gasteiger partial charge in [0.2, 0.25) is 0 Å². The van der Waals surface area contributed by atoms with Gasteiger partial charge in [0.05, 0.1) is 17.5 Å². The van der Waals surface area contributed by atoms with Crippen molar-refractivity contribution in [2.45, 2.75) is 12.1 Å². The lowest BCUT2D eigenvalue weighted by Crippen LogP contribution is -2.19. The van der Waals surface area contributed by atoms with Gasteiger partial charge in [0.25, 0.3) is 11.1 Å². The monoisotopic (exact) mass is 445 g/mol. The summed E-state index contributed by atoms with van der Waals surface area (Å²) in [6.07, 6.45) is 1.51. The zero-order valence-corrected chi connectivity index (χ0v) is 18.0. The van der Waals surface area contributed by atoms with Crippen LogP contribution in [-0.2, 0) is 4.79 Å². The third-order valence-corrected chi connectivity index (χ3v) is 5.21. The minimum atomic E-state index is -0.421. The molecule has 0 unspecified atom stereocenters. The Morgan fingerprint density at radius 1 is 1.06 bits per heavy atom. The SMILES string of the molecule is Cc1ccc(C(=O)Oc2ccc(/C=N\NC(=O)CSc3nc4ccccc4o3)cc2)cc1. The van der Waals surface area contributed by atoms with E-state index < -0.39 is 5.97 Å². The minimum absolute atomic E-state index is 0.123. The Bertz CT molecular complexity index is 1230. The van der Waals surface area contributed by atoms with Gasteiger partial charge in [-0.3, -0.25) is 4.79 Å². The van der Waals surface area contributed by atoms with Crippen molar-refractivity contribution in [3.8, 4) is 5.75 Å². The summed E-state index contributed by atoms with van der Waals surface area (Å²) in [6, 6.07) is 21.4. The van der Waals surface area contributed by atoms with E-state index in [0.29, 0.717) is 22.1 Å². The molecule has 0 spiro atoms. The van der Waals surface area contributed by atoms with Crippen LogP contribution in [0.2, 0.25) is 0 Å². The van der Waals surface area contributed by atoms with Crippen LogP contribution >= 0.6 is 11.8 Å². The fourth-order valence-corrected chi connectivity index (χ4v) is 3.36. The van der Waals surface area contributed by atoms with Crippen LogP contribution in [0.1, 0.15) is 21.5 Å². The van der Waals surface area contributed by atoms with E-state index in [1.165, 1.54) is 18.0 Å². The first-order valence-electron chi connectivity index (χ1n) is 9.76. The Kier molecular flexibility index (Phi) is 6.62. The van der Waals surface area contributed by atoms with Crippen molar-refractivity contribution in [3.63, 3.8) is 0 Å². The highest BCUT2D eigenvalue weighted by atomic mass is 32.2. The fourth-order valence-electron chi connectivity index (χ4n) is 2.73. The van der Waals surface area contributed by atoms with E-state index >= 15 is 0 Å². The molecule has 0 saturated carbocycles. The third kappa shape index (κ3) is 5.61. The average Bonchev–Trinajstić information content (AvgIpc) is 3.22. The topological polar surface area (TPSA) is 93.8 Å². The highest BCUT2D eigenvalue weighted by molar-refractivity contribution is 7.99. The van der Waals surface area contributed by atoms with Crippen LogP contribution in [0, 0.1) is 6.92 Å². The molecule has 4 aromatic rings. The summed E-state index contributed by atoms with van der Waals surface area (Å²) in [5.41, 5.74) is 6.20. The molecule has 0 fully saturated rings. The fraction of sp³-hybridized carbons (Fsp3) is 0.0833. The first kappa shape index (κ1) is 21.3. The molecule has 0 aliphatic heterocycles. The summed E-state index contributed by atoms with van der Waals surface area (Å²) in [7, 11) is 0. The van der Waals surface area contributed by atoms with E-state index in [-0.39, 0.29) is 11.7 Å². The van der Waals surface area contributed by atoms with Crippen molar-refractivity contribution in [3.05, 3.63) is 89.5 Å². The van der Waals surface area contributed by atoms with Crippen molar-refractivity contribution >= 4 is 41.0 Å². The second-order valence-electron chi connectivity index (χ2n) is 6.85. The van der Waals surface area contributed by atoms with Crippen molar-refractivity contribution in [1.82, 2.24) is 10.4 Å². The van der Waals surface area contributed by atoms with E-state index in [1.54, 1.807) is 36.4 Å². The van der Waals surface area contributed by atoms with Gasteiger partial charge in [-0.15, -0.1) is 0 Å². The number of hydrogen-bond donors (Lipinski definition) is 1.